The Morgan fingerprint density at radius 2 is 1.85 bits per heavy atom. The van der Waals surface area contributed by atoms with Gasteiger partial charge in [-0.1, -0.05) is 38.1 Å². The lowest BCUT2D eigenvalue weighted by atomic mass is 9.90. The van der Waals surface area contributed by atoms with Crippen molar-refractivity contribution in [1.29, 1.82) is 0 Å². The van der Waals surface area contributed by atoms with Gasteiger partial charge in [-0.15, -0.1) is 0 Å². The van der Waals surface area contributed by atoms with Crippen LogP contribution in [0.2, 0.25) is 0 Å². The highest BCUT2D eigenvalue weighted by atomic mass is 16.3. The largest absolute Gasteiger partial charge is 0.511 e. The molecule has 1 aromatic carbocycles. The molecule has 6 nitrogen and oxygen atoms in total. The number of aromatic hydroxyl groups is 1. The summed E-state index contributed by atoms with van der Waals surface area (Å²) >= 11 is 0. The predicted octanol–water partition coefficient (Wildman–Crippen LogP) is 2.93. The molecule has 1 heterocycles. The number of carbonyl (C=O) groups excluding carboxylic acids is 2. The number of hydrogen-bond donors (Lipinski definition) is 4. The average molecular weight is 373 g/mol. The summed E-state index contributed by atoms with van der Waals surface area (Å²) in [6, 6.07) is 4.58. The Bertz CT molecular complexity index is 750. The van der Waals surface area contributed by atoms with Crippen LogP contribution in [0.4, 0.5) is 0 Å². The number of benzene rings is 1. The lowest BCUT2D eigenvalue weighted by Gasteiger charge is -2.17. The van der Waals surface area contributed by atoms with Gasteiger partial charge in [0.15, 0.2) is 5.78 Å². The van der Waals surface area contributed by atoms with E-state index in [0.29, 0.717) is 12.0 Å². The third-order valence-corrected chi connectivity index (χ3v) is 4.85. The number of Topliss-reactive ketones (excluding diaryl/α,β-unsaturated/α-hetero) is 1. The van der Waals surface area contributed by atoms with Crippen LogP contribution in [0.1, 0.15) is 45.3 Å². The molecule has 4 atom stereocenters. The van der Waals surface area contributed by atoms with Crippen LogP contribution >= 0.6 is 0 Å². The van der Waals surface area contributed by atoms with E-state index in [2.05, 4.69) is 5.32 Å². The Labute approximate surface area is 159 Å². The van der Waals surface area contributed by atoms with Gasteiger partial charge in [0.1, 0.15) is 29.2 Å². The van der Waals surface area contributed by atoms with Crippen LogP contribution in [0.25, 0.3) is 0 Å². The third kappa shape index (κ3) is 4.77. The van der Waals surface area contributed by atoms with Crippen LogP contribution in [0.3, 0.4) is 0 Å². The summed E-state index contributed by atoms with van der Waals surface area (Å²) in [6.07, 6.45) is 4.22. The highest BCUT2D eigenvalue weighted by Gasteiger charge is 2.43. The van der Waals surface area contributed by atoms with Crippen molar-refractivity contribution in [2.24, 2.45) is 11.8 Å². The lowest BCUT2D eigenvalue weighted by Crippen LogP contribution is -2.35. The van der Waals surface area contributed by atoms with Crippen LogP contribution in [0.5, 0.6) is 5.75 Å². The maximum atomic E-state index is 12.7. The molecule has 0 bridgehead atoms. The van der Waals surface area contributed by atoms with E-state index in [1.54, 1.807) is 6.92 Å². The fourth-order valence-corrected chi connectivity index (χ4v) is 3.30. The van der Waals surface area contributed by atoms with Crippen molar-refractivity contribution in [3.8, 4) is 5.75 Å². The molecule has 2 rings (SSSR count). The molecule has 4 N–H and O–H groups in total. The van der Waals surface area contributed by atoms with E-state index >= 15 is 0 Å². The van der Waals surface area contributed by atoms with Gasteiger partial charge in [0.25, 0.3) is 5.91 Å². The van der Waals surface area contributed by atoms with Crippen molar-refractivity contribution in [1.82, 2.24) is 5.32 Å². The number of ketones is 1. The van der Waals surface area contributed by atoms with E-state index in [0.717, 1.165) is 6.42 Å². The minimum absolute atomic E-state index is 0.0341. The van der Waals surface area contributed by atoms with Gasteiger partial charge in [0, 0.05) is 5.92 Å². The number of aliphatic hydroxyl groups excluding tert-OH is 2. The molecule has 0 radical (unpaired) electrons. The van der Waals surface area contributed by atoms with Gasteiger partial charge in [-0.05, 0) is 43.4 Å². The normalized spacial score (nSPS) is 22.6. The van der Waals surface area contributed by atoms with Crippen molar-refractivity contribution in [3.05, 3.63) is 53.3 Å². The predicted molar refractivity (Wildman–Crippen MR) is 102 cm³/mol. The second-order valence-electron chi connectivity index (χ2n) is 7.16. The fourth-order valence-electron chi connectivity index (χ4n) is 3.30. The quantitative estimate of drug-likeness (QED) is 0.254. The highest BCUT2D eigenvalue weighted by molar-refractivity contribution is 6.27. The number of allylic oxidation sites excluding steroid dienone is 3. The minimum Gasteiger partial charge on any atom is -0.511 e. The topological polar surface area (TPSA) is 107 Å². The summed E-state index contributed by atoms with van der Waals surface area (Å²) in [6.45, 7) is 5.76. The van der Waals surface area contributed by atoms with Gasteiger partial charge in [-0.25, -0.2) is 0 Å². The zero-order valence-electron chi connectivity index (χ0n) is 15.8. The van der Waals surface area contributed by atoms with Crippen LogP contribution in [0.15, 0.2) is 47.7 Å². The number of aliphatic hydroxyl groups is 2. The first kappa shape index (κ1) is 20.7. The van der Waals surface area contributed by atoms with E-state index in [1.165, 1.54) is 24.3 Å². The zero-order valence-corrected chi connectivity index (χ0v) is 15.8. The van der Waals surface area contributed by atoms with Crippen molar-refractivity contribution in [3.63, 3.8) is 0 Å². The monoisotopic (exact) mass is 373 g/mol. The molecule has 1 fully saturated rings. The number of amides is 1. The lowest BCUT2D eigenvalue weighted by molar-refractivity contribution is -0.118. The van der Waals surface area contributed by atoms with Gasteiger partial charge in [0.05, 0.1) is 0 Å². The summed E-state index contributed by atoms with van der Waals surface area (Å²) in [5.41, 5.74) is 0.115. The smallest absolute Gasteiger partial charge is 0.259 e. The molecule has 0 spiro atoms. The molecular weight excluding hydrogens is 346 g/mol. The van der Waals surface area contributed by atoms with Crippen LogP contribution in [-0.2, 0) is 9.59 Å². The first-order valence-electron chi connectivity index (χ1n) is 9.12. The molecule has 1 aliphatic heterocycles. The van der Waals surface area contributed by atoms with E-state index in [1.807, 2.05) is 26.0 Å². The van der Waals surface area contributed by atoms with Gasteiger partial charge in [-0.3, -0.25) is 9.59 Å². The first-order chi connectivity index (χ1) is 12.8. The standard InChI is InChI=1S/C21H27NO5/c1-4-5-6-12(2)11-13(3)18(24)16-20(26)17(22-21(16)27)19(25)14-7-9-15(23)10-8-14/h4-5,7-10,12-13,17,19,23-25H,6,11H2,1-3H3,(H,22,27)/t12-,13-,17-,19+/m1/s1. The van der Waals surface area contributed by atoms with Gasteiger partial charge in [0.2, 0.25) is 0 Å². The van der Waals surface area contributed by atoms with Crippen molar-refractivity contribution < 1.29 is 24.9 Å². The number of nitrogens with one attached hydrogen (secondary N) is 1. The Hall–Kier alpha value is -2.60. The molecule has 0 aromatic heterocycles. The summed E-state index contributed by atoms with van der Waals surface area (Å²) < 4.78 is 0. The Morgan fingerprint density at radius 3 is 2.44 bits per heavy atom. The molecule has 0 unspecified atom stereocenters. The molecule has 1 saturated heterocycles. The van der Waals surface area contributed by atoms with Crippen LogP contribution in [0, 0.1) is 11.8 Å². The Balaban J connectivity index is 2.18. The van der Waals surface area contributed by atoms with Gasteiger partial charge in [-0.2, -0.15) is 0 Å². The second kappa shape index (κ2) is 8.86. The molecule has 146 valence electrons. The summed E-state index contributed by atoms with van der Waals surface area (Å²) in [5, 5.41) is 32.8. The molecule has 1 amide bonds. The number of phenols is 1. The van der Waals surface area contributed by atoms with Crippen molar-refractivity contribution >= 4 is 11.7 Å². The van der Waals surface area contributed by atoms with E-state index < -0.39 is 23.8 Å². The van der Waals surface area contributed by atoms with E-state index in [4.69, 9.17) is 0 Å². The minimum atomic E-state index is -1.27. The maximum absolute atomic E-state index is 12.7. The molecule has 6 heteroatoms. The number of hydrogen-bond acceptors (Lipinski definition) is 5. The molecule has 0 saturated carbocycles. The van der Waals surface area contributed by atoms with E-state index in [-0.39, 0.29) is 28.9 Å². The number of phenolic OH excluding ortho intramolecular Hbond substituents is 1. The second-order valence-corrected chi connectivity index (χ2v) is 7.16. The van der Waals surface area contributed by atoms with Gasteiger partial charge < -0.3 is 20.6 Å². The number of rotatable bonds is 7. The zero-order chi connectivity index (χ0) is 20.1. The Morgan fingerprint density at radius 1 is 1.22 bits per heavy atom. The number of carbonyl (C=O) groups is 2. The summed E-state index contributed by atoms with van der Waals surface area (Å²) in [7, 11) is 0. The molecular formula is C21H27NO5. The summed E-state index contributed by atoms with van der Waals surface area (Å²) in [5.74, 6) is -1.55. The van der Waals surface area contributed by atoms with E-state index in [9.17, 15) is 24.9 Å². The Kier molecular flexibility index (Phi) is 6.80. The molecule has 1 aliphatic rings. The third-order valence-electron chi connectivity index (χ3n) is 4.85. The highest BCUT2D eigenvalue weighted by Crippen LogP contribution is 2.29. The van der Waals surface area contributed by atoms with Crippen LogP contribution in [-0.4, -0.2) is 33.1 Å². The molecule has 0 aliphatic carbocycles. The van der Waals surface area contributed by atoms with Crippen molar-refractivity contribution in [2.75, 3.05) is 0 Å². The summed E-state index contributed by atoms with van der Waals surface area (Å²) in [4.78, 5) is 25.0. The first-order valence-corrected chi connectivity index (χ1v) is 9.12. The average Bonchev–Trinajstić information content (AvgIpc) is 2.93. The fraction of sp³-hybridized carbons (Fsp3) is 0.429. The van der Waals surface area contributed by atoms with Gasteiger partial charge >= 0.3 is 0 Å². The molecule has 27 heavy (non-hydrogen) atoms. The van der Waals surface area contributed by atoms with Crippen molar-refractivity contribution in [2.45, 2.75) is 45.8 Å². The van der Waals surface area contributed by atoms with Crippen LogP contribution < -0.4 is 5.32 Å². The SMILES string of the molecule is CC=CC[C@@H](C)C[C@@H](C)C(O)=C1C(=O)N[C@H]([C@@H](O)c2ccc(O)cc2)C1=O. The molecule has 1 aromatic rings. The maximum Gasteiger partial charge on any atom is 0.259 e.